The van der Waals surface area contributed by atoms with Gasteiger partial charge in [0, 0.05) is 7.05 Å². The maximum atomic E-state index is 12.8. The number of benzene rings is 1. The molecule has 0 aliphatic rings. The maximum Gasteiger partial charge on any atom is 0.416 e. The number of aryl methyl sites for hydroxylation is 2. The second-order valence-electron chi connectivity index (χ2n) is 4.79. The smallest absolute Gasteiger partial charge is 0.360 e. The predicted molar refractivity (Wildman–Crippen MR) is 78.0 cm³/mol. The van der Waals surface area contributed by atoms with Gasteiger partial charge in [-0.3, -0.25) is 4.31 Å². The zero-order valence-corrected chi connectivity index (χ0v) is 13.8. The molecule has 10 heteroatoms. The standard InChI is InChI=1S/C13H12ClF3N2O3S/c1-7-12(8(2)22-18-7)23(20,21)19(3)11-6-9(13(15,16)17)4-5-10(11)14/h4-6H,1-3H3. The largest absolute Gasteiger partial charge is 0.416 e. The van der Waals surface area contributed by atoms with Gasteiger partial charge < -0.3 is 4.52 Å². The molecule has 1 aromatic carbocycles. The topological polar surface area (TPSA) is 63.4 Å². The number of hydrogen-bond acceptors (Lipinski definition) is 4. The Kier molecular flexibility index (Phi) is 4.38. The number of anilines is 1. The van der Waals surface area contributed by atoms with Crippen LogP contribution in [0.1, 0.15) is 17.0 Å². The highest BCUT2D eigenvalue weighted by molar-refractivity contribution is 7.92. The summed E-state index contributed by atoms with van der Waals surface area (Å²) < 4.78 is 69.2. The Bertz CT molecular complexity index is 827. The Labute approximate surface area is 135 Å². The molecule has 0 saturated carbocycles. The highest BCUT2D eigenvalue weighted by atomic mass is 35.5. The van der Waals surface area contributed by atoms with Crippen LogP contribution in [-0.4, -0.2) is 20.6 Å². The van der Waals surface area contributed by atoms with Gasteiger partial charge in [0.15, 0.2) is 10.7 Å². The Morgan fingerprint density at radius 2 is 1.87 bits per heavy atom. The average molecular weight is 369 g/mol. The molecule has 126 valence electrons. The third kappa shape index (κ3) is 3.16. The Hall–Kier alpha value is -1.74. The molecule has 0 atom stereocenters. The number of aromatic nitrogens is 1. The zero-order chi connectivity index (χ0) is 17.6. The van der Waals surface area contributed by atoms with E-state index in [2.05, 4.69) is 5.16 Å². The zero-order valence-electron chi connectivity index (χ0n) is 12.3. The molecule has 2 rings (SSSR count). The molecule has 0 bridgehead atoms. The lowest BCUT2D eigenvalue weighted by molar-refractivity contribution is -0.137. The molecule has 0 N–H and O–H groups in total. The summed E-state index contributed by atoms with van der Waals surface area (Å²) in [6.07, 6.45) is -4.62. The van der Waals surface area contributed by atoms with Crippen LogP contribution >= 0.6 is 11.6 Å². The van der Waals surface area contributed by atoms with Crippen molar-refractivity contribution in [3.05, 3.63) is 40.2 Å². The lowest BCUT2D eigenvalue weighted by atomic mass is 10.2. The van der Waals surface area contributed by atoms with Crippen LogP contribution in [0.4, 0.5) is 18.9 Å². The van der Waals surface area contributed by atoms with Crippen molar-refractivity contribution < 1.29 is 26.1 Å². The van der Waals surface area contributed by atoms with Crippen LogP contribution in [0.2, 0.25) is 5.02 Å². The van der Waals surface area contributed by atoms with Crippen LogP contribution in [0.15, 0.2) is 27.6 Å². The second-order valence-corrected chi connectivity index (χ2v) is 7.10. The number of sulfonamides is 1. The molecule has 2 aromatic rings. The normalized spacial score (nSPS) is 12.5. The van der Waals surface area contributed by atoms with Gasteiger partial charge in [-0.15, -0.1) is 0 Å². The fourth-order valence-corrected chi connectivity index (χ4v) is 3.83. The molecule has 0 unspecified atom stereocenters. The van der Waals surface area contributed by atoms with Crippen LogP contribution in [0.25, 0.3) is 0 Å². The highest BCUT2D eigenvalue weighted by Crippen LogP contribution is 2.37. The van der Waals surface area contributed by atoms with E-state index in [4.69, 9.17) is 16.1 Å². The quantitative estimate of drug-likeness (QED) is 0.826. The molecule has 0 amide bonds. The van der Waals surface area contributed by atoms with E-state index < -0.39 is 21.8 Å². The molecule has 1 aromatic heterocycles. The third-order valence-electron chi connectivity index (χ3n) is 3.20. The maximum absolute atomic E-state index is 12.8. The van der Waals surface area contributed by atoms with Crippen LogP contribution in [0.5, 0.6) is 0 Å². The summed E-state index contributed by atoms with van der Waals surface area (Å²) in [6, 6.07) is 2.46. The molecule has 0 spiro atoms. The summed E-state index contributed by atoms with van der Waals surface area (Å²) in [7, 11) is -3.06. The summed E-state index contributed by atoms with van der Waals surface area (Å²) in [5.74, 6) is 0.0393. The fraction of sp³-hybridized carbons (Fsp3) is 0.308. The predicted octanol–water partition coefficient (Wildman–Crippen LogP) is 3.79. The van der Waals surface area contributed by atoms with Gasteiger partial charge in [-0.1, -0.05) is 16.8 Å². The first kappa shape index (κ1) is 17.6. The van der Waals surface area contributed by atoms with Crippen molar-refractivity contribution >= 4 is 27.3 Å². The number of halogens is 4. The van der Waals surface area contributed by atoms with Crippen molar-refractivity contribution in [1.82, 2.24) is 5.16 Å². The summed E-state index contributed by atoms with van der Waals surface area (Å²) in [4.78, 5) is -0.200. The monoisotopic (exact) mass is 368 g/mol. The van der Waals surface area contributed by atoms with Gasteiger partial charge in [-0.05, 0) is 32.0 Å². The molecule has 0 aliphatic carbocycles. The lowest BCUT2D eigenvalue weighted by Gasteiger charge is -2.21. The fourth-order valence-electron chi connectivity index (χ4n) is 2.04. The van der Waals surface area contributed by atoms with E-state index in [0.717, 1.165) is 19.2 Å². The van der Waals surface area contributed by atoms with Gasteiger partial charge in [0.05, 0.1) is 16.3 Å². The van der Waals surface area contributed by atoms with E-state index >= 15 is 0 Å². The molecular formula is C13H12ClF3N2O3S. The molecule has 0 fully saturated rings. The summed E-state index contributed by atoms with van der Waals surface area (Å²) in [6.45, 7) is 2.82. The minimum absolute atomic E-state index is 0.0393. The number of nitrogens with zero attached hydrogens (tertiary/aromatic N) is 2. The van der Waals surface area contributed by atoms with Crippen LogP contribution in [0.3, 0.4) is 0 Å². The Morgan fingerprint density at radius 3 is 2.35 bits per heavy atom. The molecule has 0 saturated heterocycles. The van der Waals surface area contributed by atoms with E-state index in [0.29, 0.717) is 10.4 Å². The van der Waals surface area contributed by atoms with E-state index in [9.17, 15) is 21.6 Å². The third-order valence-corrected chi connectivity index (χ3v) is 5.54. The van der Waals surface area contributed by atoms with Gasteiger partial charge in [0.2, 0.25) is 0 Å². The van der Waals surface area contributed by atoms with Crippen molar-refractivity contribution in [1.29, 1.82) is 0 Å². The first-order valence-electron chi connectivity index (χ1n) is 6.25. The first-order valence-corrected chi connectivity index (χ1v) is 8.06. The minimum atomic E-state index is -4.62. The summed E-state index contributed by atoms with van der Waals surface area (Å²) >= 11 is 5.88. The molecule has 23 heavy (non-hydrogen) atoms. The van der Waals surface area contributed by atoms with Crippen molar-refractivity contribution in [3.8, 4) is 0 Å². The van der Waals surface area contributed by atoms with Gasteiger partial charge in [-0.2, -0.15) is 13.2 Å². The number of hydrogen-bond donors (Lipinski definition) is 0. The Balaban J connectivity index is 2.59. The van der Waals surface area contributed by atoms with Gasteiger partial charge in [0.25, 0.3) is 10.0 Å². The molecule has 5 nitrogen and oxygen atoms in total. The SMILES string of the molecule is Cc1noc(C)c1S(=O)(=O)N(C)c1cc(C(F)(F)F)ccc1Cl. The summed E-state index contributed by atoms with van der Waals surface area (Å²) in [5, 5.41) is 3.42. The lowest BCUT2D eigenvalue weighted by Crippen LogP contribution is -2.28. The molecular weight excluding hydrogens is 357 g/mol. The van der Waals surface area contributed by atoms with Crippen LogP contribution < -0.4 is 4.31 Å². The van der Waals surface area contributed by atoms with E-state index in [1.165, 1.54) is 13.8 Å². The van der Waals surface area contributed by atoms with Crippen molar-refractivity contribution in [2.24, 2.45) is 0 Å². The highest BCUT2D eigenvalue weighted by Gasteiger charge is 2.34. The average Bonchev–Trinajstić information content (AvgIpc) is 2.77. The van der Waals surface area contributed by atoms with Gasteiger partial charge >= 0.3 is 6.18 Å². The van der Waals surface area contributed by atoms with E-state index in [1.807, 2.05) is 0 Å². The van der Waals surface area contributed by atoms with Crippen LogP contribution in [-0.2, 0) is 16.2 Å². The van der Waals surface area contributed by atoms with E-state index in [1.54, 1.807) is 0 Å². The van der Waals surface area contributed by atoms with Gasteiger partial charge in [0.1, 0.15) is 5.69 Å². The Morgan fingerprint density at radius 1 is 1.26 bits per heavy atom. The number of rotatable bonds is 3. The van der Waals surface area contributed by atoms with Crippen molar-refractivity contribution in [2.45, 2.75) is 24.9 Å². The molecule has 0 radical (unpaired) electrons. The number of alkyl halides is 3. The second kappa shape index (κ2) is 5.72. The van der Waals surface area contributed by atoms with Crippen molar-refractivity contribution in [2.75, 3.05) is 11.4 Å². The minimum Gasteiger partial charge on any atom is -0.360 e. The van der Waals surface area contributed by atoms with E-state index in [-0.39, 0.29) is 27.1 Å². The van der Waals surface area contributed by atoms with Gasteiger partial charge in [-0.25, -0.2) is 8.42 Å². The summed E-state index contributed by atoms with van der Waals surface area (Å²) in [5.41, 5.74) is -1.18. The molecule has 1 heterocycles. The van der Waals surface area contributed by atoms with Crippen molar-refractivity contribution in [3.63, 3.8) is 0 Å². The molecule has 0 aliphatic heterocycles. The first-order chi connectivity index (χ1) is 10.5. The van der Waals surface area contributed by atoms with Crippen LogP contribution in [0, 0.1) is 13.8 Å².